The average Bonchev–Trinajstić information content (AvgIpc) is 3.36. The van der Waals surface area contributed by atoms with Crippen molar-refractivity contribution in [2.45, 2.75) is 43.6 Å². The van der Waals surface area contributed by atoms with Crippen molar-refractivity contribution in [2.75, 3.05) is 39.9 Å². The maximum Gasteiger partial charge on any atom is 0.208 e. The highest BCUT2D eigenvalue weighted by Gasteiger charge is 2.72. The minimum absolute atomic E-state index is 0.0365. The Bertz CT molecular complexity index is 874. The van der Waals surface area contributed by atoms with Gasteiger partial charge in [-0.2, -0.15) is 0 Å². The molecule has 0 spiro atoms. The number of nitrogens with zero attached hydrogens (tertiary/aromatic N) is 2. The number of rotatable bonds is 4. The van der Waals surface area contributed by atoms with Gasteiger partial charge in [-0.1, -0.05) is 0 Å². The standard InChI is InChI=1S/C21H28N4O4/c1-10-16(22-13-7-24-5-3-11(13)4-6-24)19(28)15-12(9-26)21(29-2)20-14(23-20)8-25(21)17(15)18(10)27/h11-14,20,22-23,26H,3-9H2,1-2H3. The molecule has 2 bridgehead atoms. The molecule has 0 aromatic rings. The molecule has 7 rings (SSSR count). The van der Waals surface area contributed by atoms with Crippen LogP contribution in [0.25, 0.3) is 0 Å². The largest absolute Gasteiger partial charge is 0.396 e. The third-order valence-electron chi connectivity index (χ3n) is 8.20. The van der Waals surface area contributed by atoms with Crippen LogP contribution in [0.5, 0.6) is 0 Å². The number of carbonyl (C=O) groups excluding carboxylic acids is 2. The van der Waals surface area contributed by atoms with E-state index in [-0.39, 0.29) is 36.3 Å². The van der Waals surface area contributed by atoms with E-state index in [2.05, 4.69) is 15.5 Å². The molecule has 3 N–H and O–H groups in total. The highest BCUT2D eigenvalue weighted by atomic mass is 16.5. The lowest BCUT2D eigenvalue weighted by Crippen LogP contribution is -2.56. The second kappa shape index (κ2) is 5.91. The van der Waals surface area contributed by atoms with Crippen LogP contribution in [0.3, 0.4) is 0 Å². The van der Waals surface area contributed by atoms with Gasteiger partial charge < -0.3 is 30.3 Å². The lowest BCUT2D eigenvalue weighted by molar-refractivity contribution is -0.137. The maximum absolute atomic E-state index is 13.7. The second-order valence-electron chi connectivity index (χ2n) is 9.36. The minimum Gasteiger partial charge on any atom is -0.396 e. The van der Waals surface area contributed by atoms with E-state index in [0.717, 1.165) is 32.5 Å². The number of piperazine rings is 1. The Morgan fingerprint density at radius 1 is 1.24 bits per heavy atom. The number of aliphatic hydroxyl groups is 1. The van der Waals surface area contributed by atoms with Crippen LogP contribution in [-0.2, 0) is 14.3 Å². The summed E-state index contributed by atoms with van der Waals surface area (Å²) >= 11 is 0. The molecule has 8 heteroatoms. The zero-order valence-electron chi connectivity index (χ0n) is 16.9. The minimum atomic E-state index is -0.846. The molecule has 0 amide bonds. The molecule has 0 radical (unpaired) electrons. The van der Waals surface area contributed by atoms with E-state index in [0.29, 0.717) is 35.0 Å². The summed E-state index contributed by atoms with van der Waals surface area (Å²) in [6.45, 7) is 5.32. The van der Waals surface area contributed by atoms with Crippen LogP contribution in [0.1, 0.15) is 19.8 Å². The molecule has 5 atom stereocenters. The first kappa shape index (κ1) is 18.1. The van der Waals surface area contributed by atoms with E-state index < -0.39 is 11.6 Å². The van der Waals surface area contributed by atoms with Crippen LogP contribution in [0.15, 0.2) is 22.5 Å². The third kappa shape index (κ3) is 2.13. The highest BCUT2D eigenvalue weighted by Crippen LogP contribution is 2.55. The molecular formula is C21H28N4O4. The number of fused-ring (bicyclic) bond motifs is 7. The first-order chi connectivity index (χ1) is 14.0. The van der Waals surface area contributed by atoms with E-state index in [1.807, 2.05) is 4.90 Å². The van der Waals surface area contributed by atoms with Crippen LogP contribution in [0.4, 0.5) is 0 Å². The van der Waals surface area contributed by atoms with E-state index >= 15 is 0 Å². The zero-order valence-corrected chi connectivity index (χ0v) is 16.9. The Morgan fingerprint density at radius 2 is 2.00 bits per heavy atom. The molecule has 156 valence electrons. The van der Waals surface area contributed by atoms with E-state index in [9.17, 15) is 14.7 Å². The second-order valence-corrected chi connectivity index (χ2v) is 9.36. The normalized spacial score (nSPS) is 45.0. The number of aliphatic hydroxyl groups excluding tert-OH is 1. The molecule has 6 aliphatic heterocycles. The van der Waals surface area contributed by atoms with Gasteiger partial charge in [0.2, 0.25) is 11.6 Å². The lowest BCUT2D eigenvalue weighted by atomic mass is 9.80. The van der Waals surface area contributed by atoms with E-state index in [4.69, 9.17) is 4.74 Å². The maximum atomic E-state index is 13.7. The fourth-order valence-corrected chi connectivity index (χ4v) is 6.63. The third-order valence-corrected chi connectivity index (χ3v) is 8.20. The molecule has 8 nitrogen and oxygen atoms in total. The van der Waals surface area contributed by atoms with E-state index in [1.165, 1.54) is 0 Å². The van der Waals surface area contributed by atoms with Crippen molar-refractivity contribution in [3.8, 4) is 0 Å². The molecule has 1 aliphatic carbocycles. The van der Waals surface area contributed by atoms with Gasteiger partial charge in [0, 0.05) is 43.4 Å². The molecule has 7 aliphatic rings. The van der Waals surface area contributed by atoms with Gasteiger partial charge in [-0.3, -0.25) is 9.59 Å². The molecule has 0 aromatic carbocycles. The summed E-state index contributed by atoms with van der Waals surface area (Å²) in [4.78, 5) is 31.5. The van der Waals surface area contributed by atoms with E-state index in [1.54, 1.807) is 14.0 Å². The highest BCUT2D eigenvalue weighted by molar-refractivity contribution is 6.25. The number of allylic oxidation sites excluding steroid dienone is 2. The summed E-state index contributed by atoms with van der Waals surface area (Å²) in [5.74, 6) is -0.237. The number of carbonyl (C=O) groups is 2. The Morgan fingerprint density at radius 3 is 2.62 bits per heavy atom. The molecule has 0 saturated carbocycles. The predicted molar refractivity (Wildman–Crippen MR) is 104 cm³/mol. The van der Waals surface area contributed by atoms with Crippen molar-refractivity contribution >= 4 is 11.6 Å². The Labute approximate surface area is 169 Å². The first-order valence-corrected chi connectivity index (χ1v) is 10.7. The SMILES string of the molecule is COC12C(CO)C3=C(C(=O)C(C)=C(NC4CN5CCC4CC5)C3=O)N1CC1NC12. The van der Waals surface area contributed by atoms with Crippen molar-refractivity contribution in [1.82, 2.24) is 20.4 Å². The van der Waals surface area contributed by atoms with Crippen LogP contribution in [0.2, 0.25) is 0 Å². The number of Topliss-reactive ketones (excluding diaryl/α,β-unsaturated/α-hetero) is 2. The Kier molecular flexibility index (Phi) is 3.68. The number of piperidine rings is 3. The average molecular weight is 400 g/mol. The fraction of sp³-hybridized carbons (Fsp3) is 0.714. The summed E-state index contributed by atoms with van der Waals surface area (Å²) in [6, 6.07) is 0.479. The monoisotopic (exact) mass is 400 g/mol. The van der Waals surface area contributed by atoms with Gasteiger partial charge in [0.05, 0.1) is 30.0 Å². The van der Waals surface area contributed by atoms with Crippen LogP contribution < -0.4 is 10.6 Å². The van der Waals surface area contributed by atoms with Gasteiger partial charge in [0.1, 0.15) is 0 Å². The fourth-order valence-electron chi connectivity index (χ4n) is 6.63. The summed E-state index contributed by atoms with van der Waals surface area (Å²) in [6.07, 6.45) is 2.27. The molecule has 5 fully saturated rings. The number of nitrogens with one attached hydrogen (secondary N) is 2. The zero-order chi connectivity index (χ0) is 20.1. The molecule has 0 aromatic heterocycles. The van der Waals surface area contributed by atoms with Gasteiger partial charge in [-0.15, -0.1) is 0 Å². The number of ether oxygens (including phenoxy) is 1. The number of hydrogen-bond donors (Lipinski definition) is 3. The molecule has 5 saturated heterocycles. The Balaban J connectivity index is 1.37. The van der Waals surface area contributed by atoms with Crippen molar-refractivity contribution in [2.24, 2.45) is 11.8 Å². The van der Waals surface area contributed by atoms with Crippen molar-refractivity contribution in [3.63, 3.8) is 0 Å². The number of methoxy groups -OCH3 is 1. The predicted octanol–water partition coefficient (Wildman–Crippen LogP) is -1.03. The number of ketones is 2. The van der Waals surface area contributed by atoms with Crippen LogP contribution in [-0.4, -0.2) is 90.2 Å². The lowest BCUT2D eigenvalue weighted by Gasteiger charge is -2.45. The van der Waals surface area contributed by atoms with Crippen LogP contribution >= 0.6 is 0 Å². The first-order valence-electron chi connectivity index (χ1n) is 10.7. The topological polar surface area (TPSA) is 104 Å². The summed E-state index contributed by atoms with van der Waals surface area (Å²) < 4.78 is 5.94. The smallest absolute Gasteiger partial charge is 0.208 e. The van der Waals surface area contributed by atoms with Crippen LogP contribution in [0, 0.1) is 11.8 Å². The summed E-state index contributed by atoms with van der Waals surface area (Å²) in [5, 5.41) is 17.1. The van der Waals surface area contributed by atoms with Gasteiger partial charge >= 0.3 is 0 Å². The van der Waals surface area contributed by atoms with Crippen molar-refractivity contribution in [3.05, 3.63) is 22.5 Å². The molecule has 6 heterocycles. The van der Waals surface area contributed by atoms with Gasteiger partial charge in [0.25, 0.3) is 0 Å². The van der Waals surface area contributed by atoms with Crippen molar-refractivity contribution < 1.29 is 19.4 Å². The molecule has 5 unspecified atom stereocenters. The van der Waals surface area contributed by atoms with Gasteiger partial charge in [0.15, 0.2) is 5.72 Å². The number of hydrogen-bond acceptors (Lipinski definition) is 8. The quantitative estimate of drug-likeness (QED) is 0.407. The summed E-state index contributed by atoms with van der Waals surface area (Å²) in [5.41, 5.74) is 0.949. The van der Waals surface area contributed by atoms with Gasteiger partial charge in [-0.25, -0.2) is 0 Å². The summed E-state index contributed by atoms with van der Waals surface area (Å²) in [7, 11) is 1.61. The van der Waals surface area contributed by atoms with Gasteiger partial charge in [-0.05, 0) is 38.8 Å². The van der Waals surface area contributed by atoms with Crippen molar-refractivity contribution in [1.29, 1.82) is 0 Å². The Hall–Kier alpha value is -1.74. The molecular weight excluding hydrogens is 372 g/mol. The molecule has 29 heavy (non-hydrogen) atoms.